The molecule has 1 rings (SSSR count). The topological polar surface area (TPSA) is 99.5 Å². The maximum absolute atomic E-state index is 11.3. The number of hydrogen-bond acceptors (Lipinski definition) is 4. The largest absolute Gasteiger partial charge is 0.480 e. The van der Waals surface area contributed by atoms with Gasteiger partial charge in [0.1, 0.15) is 12.1 Å². The number of nitrogens with zero attached hydrogens (tertiary/aromatic N) is 1. The molecule has 0 spiro atoms. The Kier molecular flexibility index (Phi) is 6.11. The fraction of sp³-hybridized carbons (Fsp3) is 0.500. The van der Waals surface area contributed by atoms with E-state index in [-0.39, 0.29) is 12.3 Å². The van der Waals surface area contributed by atoms with E-state index in [9.17, 15) is 14.7 Å². The zero-order chi connectivity index (χ0) is 15.1. The van der Waals surface area contributed by atoms with Gasteiger partial charge in [-0.05, 0) is 24.5 Å². The summed E-state index contributed by atoms with van der Waals surface area (Å²) in [5.74, 6) is -1.95. The molecule has 0 aliphatic rings. The molecule has 0 aliphatic carbocycles. The van der Waals surface area contributed by atoms with Crippen molar-refractivity contribution in [3.05, 3.63) is 30.1 Å². The van der Waals surface area contributed by atoms with Crippen molar-refractivity contribution in [1.29, 1.82) is 0 Å². The molecule has 0 amide bonds. The summed E-state index contributed by atoms with van der Waals surface area (Å²) in [5.41, 5.74) is 0.612. The highest BCUT2D eigenvalue weighted by Crippen LogP contribution is 2.08. The first-order chi connectivity index (χ1) is 9.40. The number of rotatable bonds is 8. The van der Waals surface area contributed by atoms with Crippen molar-refractivity contribution in [3.8, 4) is 0 Å². The Hall–Kier alpha value is -1.95. The average Bonchev–Trinajstić information content (AvgIpc) is 2.37. The van der Waals surface area contributed by atoms with Gasteiger partial charge >= 0.3 is 11.9 Å². The van der Waals surface area contributed by atoms with Gasteiger partial charge in [-0.15, -0.1) is 0 Å². The molecule has 3 N–H and O–H groups in total. The van der Waals surface area contributed by atoms with Gasteiger partial charge in [-0.2, -0.15) is 0 Å². The molecular formula is C14H20N2O4. The van der Waals surface area contributed by atoms with Crippen LogP contribution < -0.4 is 5.32 Å². The molecule has 1 heterocycles. The van der Waals surface area contributed by atoms with Crippen LogP contribution in [-0.4, -0.2) is 39.2 Å². The number of carboxylic acids is 2. The lowest BCUT2D eigenvalue weighted by atomic mass is 10.0. The quantitative estimate of drug-likeness (QED) is 0.661. The summed E-state index contributed by atoms with van der Waals surface area (Å²) in [6, 6.07) is 3.38. The Morgan fingerprint density at radius 3 is 2.30 bits per heavy atom. The highest BCUT2D eigenvalue weighted by atomic mass is 16.4. The summed E-state index contributed by atoms with van der Waals surface area (Å²) in [6.07, 6.45) is 2.11. The van der Waals surface area contributed by atoms with E-state index in [2.05, 4.69) is 10.3 Å². The molecule has 1 unspecified atom stereocenters. The lowest BCUT2D eigenvalue weighted by molar-refractivity contribution is -0.142. The molecule has 0 saturated carbocycles. The summed E-state index contributed by atoms with van der Waals surface area (Å²) < 4.78 is 0. The van der Waals surface area contributed by atoms with Crippen LogP contribution >= 0.6 is 0 Å². The average molecular weight is 280 g/mol. The molecule has 2 atom stereocenters. The van der Waals surface area contributed by atoms with E-state index in [4.69, 9.17) is 5.11 Å². The van der Waals surface area contributed by atoms with E-state index >= 15 is 0 Å². The molecule has 1 aromatic rings. The van der Waals surface area contributed by atoms with E-state index in [1.54, 1.807) is 24.4 Å². The Morgan fingerprint density at radius 1 is 1.20 bits per heavy atom. The fourth-order valence-electron chi connectivity index (χ4n) is 1.90. The van der Waals surface area contributed by atoms with Gasteiger partial charge in [0, 0.05) is 18.3 Å². The Balaban J connectivity index is 2.75. The third-order valence-electron chi connectivity index (χ3n) is 2.85. The molecule has 0 aliphatic heterocycles. The SMILES string of the molecule is CC(C)CC(N[C@H](Cc1ccccn1)C(=O)O)C(=O)O. The van der Waals surface area contributed by atoms with Crippen LogP contribution in [0.25, 0.3) is 0 Å². The van der Waals surface area contributed by atoms with Gasteiger partial charge in [-0.3, -0.25) is 19.9 Å². The first-order valence-electron chi connectivity index (χ1n) is 6.51. The Bertz CT molecular complexity index is 448. The lowest BCUT2D eigenvalue weighted by Crippen LogP contribution is -2.48. The van der Waals surface area contributed by atoms with E-state index in [0.29, 0.717) is 12.1 Å². The molecule has 6 heteroatoms. The van der Waals surface area contributed by atoms with Crippen LogP contribution in [0.15, 0.2) is 24.4 Å². The van der Waals surface area contributed by atoms with Crippen LogP contribution in [0, 0.1) is 5.92 Å². The Labute approximate surface area is 117 Å². The number of carbonyl (C=O) groups is 2. The predicted octanol–water partition coefficient (Wildman–Crippen LogP) is 1.17. The van der Waals surface area contributed by atoms with Crippen LogP contribution in [0.5, 0.6) is 0 Å². The summed E-state index contributed by atoms with van der Waals surface area (Å²) in [5, 5.41) is 21.1. The summed E-state index contributed by atoms with van der Waals surface area (Å²) in [4.78, 5) is 26.5. The minimum Gasteiger partial charge on any atom is -0.480 e. The van der Waals surface area contributed by atoms with Crippen LogP contribution in [0.1, 0.15) is 26.0 Å². The van der Waals surface area contributed by atoms with Crippen molar-refractivity contribution in [1.82, 2.24) is 10.3 Å². The zero-order valence-corrected chi connectivity index (χ0v) is 11.6. The first kappa shape index (κ1) is 16.1. The number of hydrogen-bond donors (Lipinski definition) is 3. The van der Waals surface area contributed by atoms with Gasteiger partial charge < -0.3 is 10.2 Å². The van der Waals surface area contributed by atoms with E-state index in [0.717, 1.165) is 0 Å². The second-order valence-electron chi connectivity index (χ2n) is 5.10. The van der Waals surface area contributed by atoms with Crippen molar-refractivity contribution in [2.45, 2.75) is 38.8 Å². The van der Waals surface area contributed by atoms with E-state index in [1.807, 2.05) is 13.8 Å². The molecule has 0 aromatic carbocycles. The molecule has 0 radical (unpaired) electrons. The molecule has 0 fully saturated rings. The highest BCUT2D eigenvalue weighted by molar-refractivity contribution is 5.77. The van der Waals surface area contributed by atoms with Crippen molar-refractivity contribution in [3.63, 3.8) is 0 Å². The molecule has 0 saturated heterocycles. The van der Waals surface area contributed by atoms with Gasteiger partial charge in [0.2, 0.25) is 0 Å². The molecule has 110 valence electrons. The minimum atomic E-state index is -1.08. The number of carboxylic acid groups (broad SMARTS) is 2. The standard InChI is InChI=1S/C14H20N2O4/c1-9(2)7-11(13(17)18)16-12(14(19)20)8-10-5-3-4-6-15-10/h3-6,9,11-12,16H,7-8H2,1-2H3,(H,17,18)(H,19,20)/t11?,12-/m1/s1. The van der Waals surface area contributed by atoms with Gasteiger partial charge in [0.25, 0.3) is 0 Å². The Morgan fingerprint density at radius 2 is 1.85 bits per heavy atom. The molecule has 1 aromatic heterocycles. The highest BCUT2D eigenvalue weighted by Gasteiger charge is 2.26. The summed E-state index contributed by atoms with van der Waals surface area (Å²) in [6.45, 7) is 3.79. The number of aromatic nitrogens is 1. The lowest BCUT2D eigenvalue weighted by Gasteiger charge is -2.21. The molecule has 20 heavy (non-hydrogen) atoms. The smallest absolute Gasteiger partial charge is 0.321 e. The van der Waals surface area contributed by atoms with E-state index in [1.165, 1.54) is 0 Å². The first-order valence-corrected chi connectivity index (χ1v) is 6.51. The second kappa shape index (κ2) is 7.59. The maximum atomic E-state index is 11.3. The molecule has 0 bridgehead atoms. The molecule has 6 nitrogen and oxygen atoms in total. The van der Waals surface area contributed by atoms with Crippen LogP contribution in [0.3, 0.4) is 0 Å². The van der Waals surface area contributed by atoms with Crippen molar-refractivity contribution >= 4 is 11.9 Å². The zero-order valence-electron chi connectivity index (χ0n) is 11.6. The summed E-state index contributed by atoms with van der Waals surface area (Å²) >= 11 is 0. The monoisotopic (exact) mass is 280 g/mol. The van der Waals surface area contributed by atoms with Crippen LogP contribution in [0.4, 0.5) is 0 Å². The minimum absolute atomic E-state index is 0.151. The normalized spacial score (nSPS) is 13.9. The van der Waals surface area contributed by atoms with Gasteiger partial charge in [-0.1, -0.05) is 19.9 Å². The predicted molar refractivity (Wildman–Crippen MR) is 73.4 cm³/mol. The number of nitrogens with one attached hydrogen (secondary N) is 1. The van der Waals surface area contributed by atoms with Crippen LogP contribution in [0.2, 0.25) is 0 Å². The number of pyridine rings is 1. The summed E-state index contributed by atoms with van der Waals surface area (Å²) in [7, 11) is 0. The fourth-order valence-corrected chi connectivity index (χ4v) is 1.90. The van der Waals surface area contributed by atoms with Crippen LogP contribution in [-0.2, 0) is 16.0 Å². The van der Waals surface area contributed by atoms with E-state index < -0.39 is 24.0 Å². The maximum Gasteiger partial charge on any atom is 0.321 e. The third-order valence-corrected chi connectivity index (χ3v) is 2.85. The van der Waals surface area contributed by atoms with Gasteiger partial charge in [0.15, 0.2) is 0 Å². The van der Waals surface area contributed by atoms with Crippen molar-refractivity contribution in [2.75, 3.05) is 0 Å². The second-order valence-corrected chi connectivity index (χ2v) is 5.10. The van der Waals surface area contributed by atoms with Crippen molar-refractivity contribution in [2.24, 2.45) is 5.92 Å². The molecular weight excluding hydrogens is 260 g/mol. The number of aliphatic carboxylic acids is 2. The van der Waals surface area contributed by atoms with Gasteiger partial charge in [0.05, 0.1) is 0 Å². The third kappa shape index (κ3) is 5.36. The van der Waals surface area contributed by atoms with Crippen molar-refractivity contribution < 1.29 is 19.8 Å². The van der Waals surface area contributed by atoms with Gasteiger partial charge in [-0.25, -0.2) is 0 Å².